The van der Waals surface area contributed by atoms with E-state index in [-0.39, 0.29) is 5.91 Å². The molecule has 1 saturated carbocycles. The summed E-state index contributed by atoms with van der Waals surface area (Å²) in [5.41, 5.74) is 0. The van der Waals surface area contributed by atoms with Gasteiger partial charge in [0.1, 0.15) is 0 Å². The van der Waals surface area contributed by atoms with Crippen molar-refractivity contribution in [3.63, 3.8) is 0 Å². The van der Waals surface area contributed by atoms with Crippen molar-refractivity contribution < 1.29 is 4.79 Å². The van der Waals surface area contributed by atoms with Crippen LogP contribution in [0, 0.1) is 5.92 Å². The van der Waals surface area contributed by atoms with Crippen molar-refractivity contribution in [3.8, 4) is 0 Å². The van der Waals surface area contributed by atoms with Gasteiger partial charge in [0, 0.05) is 12.6 Å². The number of carbonyl (C=O) groups is 1. The number of amides is 1. The second-order valence-electron chi connectivity index (χ2n) is 5.33. The summed E-state index contributed by atoms with van der Waals surface area (Å²) in [5, 5.41) is 6.22. The number of rotatable bonds is 7. The summed E-state index contributed by atoms with van der Waals surface area (Å²) >= 11 is 0. The first kappa shape index (κ1) is 14.5. The summed E-state index contributed by atoms with van der Waals surface area (Å²) in [7, 11) is 0. The normalized spacial score (nSPS) is 18.9. The standard InChI is InChI=1S/C14H28N2O/c1-3-12(2)16-11-14(17)15-10-9-13-7-5-4-6-8-13/h12-13,16H,3-11H2,1-2H3,(H,15,17). The lowest BCUT2D eigenvalue weighted by atomic mass is 9.87. The van der Waals surface area contributed by atoms with Gasteiger partial charge in [-0.25, -0.2) is 0 Å². The molecule has 0 saturated heterocycles. The molecule has 1 unspecified atom stereocenters. The molecule has 1 amide bonds. The van der Waals surface area contributed by atoms with Crippen LogP contribution in [0.5, 0.6) is 0 Å². The highest BCUT2D eigenvalue weighted by atomic mass is 16.1. The average molecular weight is 240 g/mol. The Morgan fingerprint density at radius 3 is 2.65 bits per heavy atom. The third kappa shape index (κ3) is 6.67. The zero-order chi connectivity index (χ0) is 12.5. The number of hydrogen-bond acceptors (Lipinski definition) is 2. The van der Waals surface area contributed by atoms with Crippen molar-refractivity contribution in [2.45, 2.75) is 64.8 Å². The Morgan fingerprint density at radius 2 is 2.00 bits per heavy atom. The van der Waals surface area contributed by atoms with Crippen molar-refractivity contribution in [3.05, 3.63) is 0 Å². The van der Waals surface area contributed by atoms with Gasteiger partial charge in [0.05, 0.1) is 6.54 Å². The van der Waals surface area contributed by atoms with Crippen LogP contribution in [0.25, 0.3) is 0 Å². The van der Waals surface area contributed by atoms with Crippen LogP contribution in [-0.4, -0.2) is 25.0 Å². The lowest BCUT2D eigenvalue weighted by Gasteiger charge is -2.21. The van der Waals surface area contributed by atoms with E-state index in [1.165, 1.54) is 32.1 Å². The largest absolute Gasteiger partial charge is 0.355 e. The highest BCUT2D eigenvalue weighted by Crippen LogP contribution is 2.25. The van der Waals surface area contributed by atoms with E-state index in [0.717, 1.165) is 25.3 Å². The summed E-state index contributed by atoms with van der Waals surface area (Å²) in [4.78, 5) is 11.5. The molecule has 0 aromatic rings. The molecule has 1 fully saturated rings. The summed E-state index contributed by atoms with van der Waals surface area (Å²) in [6.45, 7) is 5.54. The molecular formula is C14H28N2O. The minimum absolute atomic E-state index is 0.140. The van der Waals surface area contributed by atoms with E-state index in [0.29, 0.717) is 12.6 Å². The Hall–Kier alpha value is -0.570. The van der Waals surface area contributed by atoms with Gasteiger partial charge in [-0.15, -0.1) is 0 Å². The van der Waals surface area contributed by atoms with Gasteiger partial charge < -0.3 is 10.6 Å². The average Bonchev–Trinajstić information content (AvgIpc) is 2.37. The molecule has 0 heterocycles. The molecule has 3 heteroatoms. The molecule has 0 radical (unpaired) electrons. The lowest BCUT2D eigenvalue weighted by molar-refractivity contribution is -0.120. The minimum atomic E-state index is 0.140. The Labute approximate surface area is 106 Å². The molecule has 1 aliphatic rings. The SMILES string of the molecule is CCC(C)NCC(=O)NCCC1CCCCC1. The van der Waals surface area contributed by atoms with Crippen LogP contribution >= 0.6 is 0 Å². The third-order valence-corrected chi connectivity index (χ3v) is 3.82. The van der Waals surface area contributed by atoms with Gasteiger partial charge >= 0.3 is 0 Å². The molecule has 1 rings (SSSR count). The Bertz CT molecular complexity index is 212. The second-order valence-corrected chi connectivity index (χ2v) is 5.33. The Kier molecular flexibility index (Phi) is 7.25. The molecule has 0 aliphatic heterocycles. The van der Waals surface area contributed by atoms with Crippen LogP contribution in [0.2, 0.25) is 0 Å². The zero-order valence-corrected chi connectivity index (χ0v) is 11.4. The molecule has 3 nitrogen and oxygen atoms in total. The Balaban J connectivity index is 1.99. The van der Waals surface area contributed by atoms with Crippen LogP contribution < -0.4 is 10.6 Å². The first-order chi connectivity index (χ1) is 8.22. The monoisotopic (exact) mass is 240 g/mol. The quantitative estimate of drug-likeness (QED) is 0.718. The van der Waals surface area contributed by atoms with Gasteiger partial charge in [-0.3, -0.25) is 4.79 Å². The summed E-state index contributed by atoms with van der Waals surface area (Å²) < 4.78 is 0. The van der Waals surface area contributed by atoms with Crippen molar-refractivity contribution in [1.82, 2.24) is 10.6 Å². The highest BCUT2D eigenvalue weighted by molar-refractivity contribution is 5.77. The second kappa shape index (κ2) is 8.51. The molecule has 0 spiro atoms. The summed E-state index contributed by atoms with van der Waals surface area (Å²) in [6.07, 6.45) is 9.12. The molecule has 17 heavy (non-hydrogen) atoms. The molecule has 0 aromatic carbocycles. The van der Waals surface area contributed by atoms with Crippen molar-refractivity contribution in [1.29, 1.82) is 0 Å². The first-order valence-electron chi connectivity index (χ1n) is 7.22. The molecular weight excluding hydrogens is 212 g/mol. The molecule has 1 aliphatic carbocycles. The number of nitrogens with one attached hydrogen (secondary N) is 2. The van der Waals surface area contributed by atoms with Gasteiger partial charge in [0.15, 0.2) is 0 Å². The predicted molar refractivity (Wildman–Crippen MR) is 72.0 cm³/mol. The zero-order valence-electron chi connectivity index (χ0n) is 11.4. The fraction of sp³-hybridized carbons (Fsp3) is 0.929. The van der Waals surface area contributed by atoms with Gasteiger partial charge in [-0.05, 0) is 25.7 Å². The highest BCUT2D eigenvalue weighted by Gasteiger charge is 2.13. The van der Waals surface area contributed by atoms with Crippen molar-refractivity contribution >= 4 is 5.91 Å². The predicted octanol–water partition coefficient (Wildman–Crippen LogP) is 2.46. The van der Waals surface area contributed by atoms with E-state index < -0.39 is 0 Å². The van der Waals surface area contributed by atoms with Gasteiger partial charge in [-0.1, -0.05) is 39.0 Å². The Morgan fingerprint density at radius 1 is 1.29 bits per heavy atom. The first-order valence-corrected chi connectivity index (χ1v) is 7.22. The number of carbonyl (C=O) groups excluding carboxylic acids is 1. The number of hydrogen-bond donors (Lipinski definition) is 2. The summed E-state index contributed by atoms with van der Waals surface area (Å²) in [5.74, 6) is 0.993. The van der Waals surface area contributed by atoms with E-state index in [1.807, 2.05) is 0 Å². The summed E-state index contributed by atoms with van der Waals surface area (Å²) in [6, 6.07) is 0.430. The van der Waals surface area contributed by atoms with E-state index in [4.69, 9.17) is 0 Å². The topological polar surface area (TPSA) is 41.1 Å². The molecule has 100 valence electrons. The van der Waals surface area contributed by atoms with Crippen LogP contribution in [0.15, 0.2) is 0 Å². The van der Waals surface area contributed by atoms with E-state index in [1.54, 1.807) is 0 Å². The molecule has 0 aromatic heterocycles. The fourth-order valence-corrected chi connectivity index (χ4v) is 2.37. The van der Waals surface area contributed by atoms with E-state index in [2.05, 4.69) is 24.5 Å². The maximum Gasteiger partial charge on any atom is 0.233 e. The lowest BCUT2D eigenvalue weighted by Crippen LogP contribution is -2.38. The van der Waals surface area contributed by atoms with Crippen LogP contribution in [0.3, 0.4) is 0 Å². The maximum atomic E-state index is 11.5. The van der Waals surface area contributed by atoms with E-state index >= 15 is 0 Å². The smallest absolute Gasteiger partial charge is 0.233 e. The molecule has 1 atom stereocenters. The molecule has 0 bridgehead atoms. The van der Waals surface area contributed by atoms with E-state index in [9.17, 15) is 4.79 Å². The van der Waals surface area contributed by atoms with Crippen LogP contribution in [0.4, 0.5) is 0 Å². The van der Waals surface area contributed by atoms with Crippen molar-refractivity contribution in [2.75, 3.05) is 13.1 Å². The van der Waals surface area contributed by atoms with Crippen LogP contribution in [-0.2, 0) is 4.79 Å². The van der Waals surface area contributed by atoms with Crippen molar-refractivity contribution in [2.24, 2.45) is 5.92 Å². The maximum absolute atomic E-state index is 11.5. The third-order valence-electron chi connectivity index (χ3n) is 3.82. The van der Waals surface area contributed by atoms with Gasteiger partial charge in [0.25, 0.3) is 0 Å². The molecule has 2 N–H and O–H groups in total. The van der Waals surface area contributed by atoms with Gasteiger partial charge in [0.2, 0.25) is 5.91 Å². The van der Waals surface area contributed by atoms with Gasteiger partial charge in [-0.2, -0.15) is 0 Å². The fourth-order valence-electron chi connectivity index (χ4n) is 2.37. The van der Waals surface area contributed by atoms with Crippen LogP contribution in [0.1, 0.15) is 58.8 Å². The minimum Gasteiger partial charge on any atom is -0.355 e.